The molecule has 1 N–H and O–H groups in total. The van der Waals surface area contributed by atoms with Gasteiger partial charge in [0, 0.05) is 24.2 Å². The third-order valence-corrected chi connectivity index (χ3v) is 2.92. The van der Waals surface area contributed by atoms with Crippen LogP contribution in [0.4, 0.5) is 0 Å². The Kier molecular flexibility index (Phi) is 6.68. The summed E-state index contributed by atoms with van der Waals surface area (Å²) in [6.07, 6.45) is 0. The third-order valence-electron chi connectivity index (χ3n) is 2.43. The van der Waals surface area contributed by atoms with Crippen molar-refractivity contribution in [3.05, 3.63) is 28.7 Å². The van der Waals surface area contributed by atoms with Gasteiger partial charge in [-0.2, -0.15) is 0 Å². The molecule has 0 atom stereocenters. The van der Waals surface area contributed by atoms with Crippen molar-refractivity contribution in [2.24, 2.45) is 0 Å². The lowest BCUT2D eigenvalue weighted by Crippen LogP contribution is -2.39. The summed E-state index contributed by atoms with van der Waals surface area (Å²) in [7, 11) is 0. The molecule has 0 radical (unpaired) electrons. The second kappa shape index (κ2) is 7.77. The lowest BCUT2D eigenvalue weighted by Gasteiger charge is -2.25. The molecular weight excluding hydrogens is 294 g/mol. The van der Waals surface area contributed by atoms with Crippen LogP contribution in [0.3, 0.4) is 0 Å². The van der Waals surface area contributed by atoms with Gasteiger partial charge < -0.3 is 14.8 Å². The van der Waals surface area contributed by atoms with Gasteiger partial charge >= 0.3 is 0 Å². The van der Waals surface area contributed by atoms with Gasteiger partial charge in [-0.25, -0.2) is 0 Å². The molecule has 0 fully saturated rings. The predicted octanol–water partition coefficient (Wildman–Crippen LogP) is 3.23. The first-order valence-electron chi connectivity index (χ1n) is 6.26. The molecule has 0 aliphatic rings. The second-order valence-electron chi connectivity index (χ2n) is 4.68. The van der Waals surface area contributed by atoms with E-state index in [-0.39, 0.29) is 5.60 Å². The minimum Gasteiger partial charge on any atom is -0.492 e. The van der Waals surface area contributed by atoms with Gasteiger partial charge in [-0.1, -0.05) is 22.0 Å². The zero-order chi connectivity index (χ0) is 13.4. The van der Waals surface area contributed by atoms with E-state index in [1.165, 1.54) is 0 Å². The molecule has 0 heterocycles. The van der Waals surface area contributed by atoms with Crippen LogP contribution in [-0.2, 0) is 4.74 Å². The number of hydrogen-bond donors (Lipinski definition) is 1. The van der Waals surface area contributed by atoms with Crippen LogP contribution in [0.25, 0.3) is 0 Å². The van der Waals surface area contributed by atoms with Crippen LogP contribution in [0.2, 0.25) is 0 Å². The van der Waals surface area contributed by atoms with Gasteiger partial charge in [0.15, 0.2) is 0 Å². The fourth-order valence-corrected chi connectivity index (χ4v) is 2.01. The first kappa shape index (κ1) is 15.5. The smallest absolute Gasteiger partial charge is 0.120 e. The molecule has 102 valence electrons. The average Bonchev–Trinajstić information content (AvgIpc) is 2.28. The topological polar surface area (TPSA) is 30.5 Å². The lowest BCUT2D eigenvalue weighted by atomic mass is 10.1. The highest BCUT2D eigenvalue weighted by molar-refractivity contribution is 9.10. The van der Waals surface area contributed by atoms with Gasteiger partial charge in [0.25, 0.3) is 0 Å². The van der Waals surface area contributed by atoms with Crippen LogP contribution in [-0.4, -0.2) is 31.9 Å². The monoisotopic (exact) mass is 315 g/mol. The number of nitrogens with one attached hydrogen (secondary N) is 1. The van der Waals surface area contributed by atoms with Crippen molar-refractivity contribution >= 4 is 15.9 Å². The Morgan fingerprint density at radius 1 is 1.33 bits per heavy atom. The zero-order valence-electron chi connectivity index (χ0n) is 11.3. The van der Waals surface area contributed by atoms with Crippen molar-refractivity contribution in [3.63, 3.8) is 0 Å². The van der Waals surface area contributed by atoms with Crippen molar-refractivity contribution in [2.75, 3.05) is 26.3 Å². The summed E-state index contributed by atoms with van der Waals surface area (Å²) >= 11 is 3.42. The molecule has 0 amide bonds. The van der Waals surface area contributed by atoms with Crippen LogP contribution in [0.1, 0.15) is 20.8 Å². The Morgan fingerprint density at radius 2 is 2.11 bits per heavy atom. The highest BCUT2D eigenvalue weighted by atomic mass is 79.9. The summed E-state index contributed by atoms with van der Waals surface area (Å²) in [6, 6.07) is 7.86. The molecule has 0 aliphatic carbocycles. The first-order valence-corrected chi connectivity index (χ1v) is 7.06. The maximum atomic E-state index is 5.63. The molecule has 4 heteroatoms. The van der Waals surface area contributed by atoms with Crippen molar-refractivity contribution < 1.29 is 9.47 Å². The van der Waals surface area contributed by atoms with Gasteiger partial charge in [-0.3, -0.25) is 0 Å². The summed E-state index contributed by atoms with van der Waals surface area (Å²) < 4.78 is 12.3. The highest BCUT2D eigenvalue weighted by Crippen LogP contribution is 2.17. The van der Waals surface area contributed by atoms with Crippen LogP contribution in [0.15, 0.2) is 28.7 Å². The molecule has 0 spiro atoms. The molecule has 18 heavy (non-hydrogen) atoms. The van der Waals surface area contributed by atoms with E-state index >= 15 is 0 Å². The first-order chi connectivity index (χ1) is 8.53. The number of hydrogen-bond acceptors (Lipinski definition) is 3. The third kappa shape index (κ3) is 6.38. The fraction of sp³-hybridized carbons (Fsp3) is 0.571. The number of benzene rings is 1. The lowest BCUT2D eigenvalue weighted by molar-refractivity contribution is -0.00902. The highest BCUT2D eigenvalue weighted by Gasteiger charge is 2.16. The molecular formula is C14H22BrNO2. The van der Waals surface area contributed by atoms with E-state index in [0.29, 0.717) is 6.61 Å². The normalized spacial score (nSPS) is 11.6. The van der Waals surface area contributed by atoms with Gasteiger partial charge in [-0.15, -0.1) is 0 Å². The Bertz CT molecular complexity index is 355. The Hall–Kier alpha value is -0.580. The van der Waals surface area contributed by atoms with Gasteiger partial charge in [0.1, 0.15) is 12.4 Å². The van der Waals surface area contributed by atoms with Crippen LogP contribution in [0, 0.1) is 0 Å². The molecule has 0 saturated carbocycles. The second-order valence-corrected chi connectivity index (χ2v) is 5.59. The number of rotatable bonds is 8. The average molecular weight is 316 g/mol. The summed E-state index contributed by atoms with van der Waals surface area (Å²) in [4.78, 5) is 0. The van der Waals surface area contributed by atoms with Gasteiger partial charge in [0.05, 0.1) is 5.60 Å². The Morgan fingerprint density at radius 3 is 2.78 bits per heavy atom. The van der Waals surface area contributed by atoms with E-state index in [1.807, 2.05) is 31.2 Å². The van der Waals surface area contributed by atoms with E-state index < -0.39 is 0 Å². The van der Waals surface area contributed by atoms with Crippen LogP contribution in [0.5, 0.6) is 5.75 Å². The van der Waals surface area contributed by atoms with Crippen molar-refractivity contribution in [1.29, 1.82) is 0 Å². The minimum absolute atomic E-state index is 0.121. The largest absolute Gasteiger partial charge is 0.492 e. The van der Waals surface area contributed by atoms with Gasteiger partial charge in [-0.05, 0) is 39.0 Å². The molecule has 0 saturated heterocycles. The van der Waals surface area contributed by atoms with E-state index in [0.717, 1.165) is 29.9 Å². The quantitative estimate of drug-likeness (QED) is 0.747. The maximum Gasteiger partial charge on any atom is 0.120 e. The Labute approximate surface area is 118 Å². The number of ether oxygens (including phenoxy) is 2. The molecule has 3 nitrogen and oxygen atoms in total. The summed E-state index contributed by atoms with van der Waals surface area (Å²) in [5.41, 5.74) is -0.121. The van der Waals surface area contributed by atoms with Crippen molar-refractivity contribution in [3.8, 4) is 5.75 Å². The predicted molar refractivity (Wildman–Crippen MR) is 78.2 cm³/mol. The van der Waals surface area contributed by atoms with Gasteiger partial charge in [0.2, 0.25) is 0 Å². The van der Waals surface area contributed by atoms with E-state index in [1.54, 1.807) is 0 Å². The minimum atomic E-state index is -0.121. The standard InChI is InChI=1S/C14H22BrNO2/c1-4-18-14(2,3)11-16-8-9-17-13-7-5-6-12(15)10-13/h5-7,10,16H,4,8-9,11H2,1-3H3. The van der Waals surface area contributed by atoms with Crippen molar-refractivity contribution in [2.45, 2.75) is 26.4 Å². The molecule has 0 aliphatic heterocycles. The molecule has 0 bridgehead atoms. The van der Waals surface area contributed by atoms with E-state index in [4.69, 9.17) is 9.47 Å². The van der Waals surface area contributed by atoms with E-state index in [2.05, 4.69) is 35.1 Å². The fourth-order valence-electron chi connectivity index (χ4n) is 1.63. The molecule has 1 aromatic rings. The summed E-state index contributed by atoms with van der Waals surface area (Å²) in [5, 5.41) is 3.33. The van der Waals surface area contributed by atoms with E-state index in [9.17, 15) is 0 Å². The zero-order valence-corrected chi connectivity index (χ0v) is 12.9. The van der Waals surface area contributed by atoms with Crippen LogP contribution < -0.4 is 10.1 Å². The number of halogens is 1. The summed E-state index contributed by atoms with van der Waals surface area (Å²) in [5.74, 6) is 0.884. The molecule has 1 aromatic carbocycles. The maximum absolute atomic E-state index is 5.63. The molecule has 0 unspecified atom stereocenters. The van der Waals surface area contributed by atoms with Crippen molar-refractivity contribution in [1.82, 2.24) is 5.32 Å². The SMILES string of the molecule is CCOC(C)(C)CNCCOc1cccc(Br)c1. The van der Waals surface area contributed by atoms with Crippen LogP contribution >= 0.6 is 15.9 Å². The molecule has 1 rings (SSSR count). The molecule has 0 aromatic heterocycles. The summed E-state index contributed by atoms with van der Waals surface area (Å²) in [6.45, 7) is 9.20. The Balaban J connectivity index is 2.16.